The summed E-state index contributed by atoms with van der Waals surface area (Å²) in [5, 5.41) is 0. The van der Waals surface area contributed by atoms with E-state index in [1.54, 1.807) is 0 Å². The zero-order valence-corrected chi connectivity index (χ0v) is 8.83. The molecule has 0 saturated carbocycles. The van der Waals surface area contributed by atoms with E-state index in [9.17, 15) is 4.57 Å². The topological polar surface area (TPSA) is 57.5 Å². The summed E-state index contributed by atoms with van der Waals surface area (Å²) < 4.78 is 8.87. The number of alkyl halides is 3. The molecule has 68 valence electrons. The van der Waals surface area contributed by atoms with Crippen molar-refractivity contribution in [2.24, 2.45) is 0 Å². The number of hydrogen-bond acceptors (Lipinski definition) is 1. The highest BCUT2D eigenvalue weighted by molar-refractivity contribution is 7.56. The van der Waals surface area contributed by atoms with Gasteiger partial charge in [-0.15, -0.1) is 34.8 Å². The largest absolute Gasteiger partial charge is 0.349 e. The highest BCUT2D eigenvalue weighted by Gasteiger charge is 2.49. The van der Waals surface area contributed by atoms with E-state index in [2.05, 4.69) is 0 Å². The van der Waals surface area contributed by atoms with Crippen molar-refractivity contribution in [3.63, 3.8) is 0 Å². The molecule has 0 aromatic carbocycles. The second kappa shape index (κ2) is 3.82. The molecular weight excluding hydrogens is 233 g/mol. The summed E-state index contributed by atoms with van der Waals surface area (Å²) in [6, 6.07) is 0. The normalized spacial score (nSPS) is 18.5. The molecule has 0 saturated heterocycles. The van der Waals surface area contributed by atoms with Gasteiger partial charge in [-0.1, -0.05) is 6.92 Å². The first-order valence-corrected chi connectivity index (χ1v) is 5.64. The Balaban J connectivity index is 4.76. The predicted molar refractivity (Wildman–Crippen MR) is 46.4 cm³/mol. The van der Waals surface area contributed by atoms with Gasteiger partial charge in [-0.05, 0) is 6.42 Å². The summed E-state index contributed by atoms with van der Waals surface area (Å²) in [5.74, 6) is 0. The van der Waals surface area contributed by atoms with Crippen molar-refractivity contribution >= 4 is 42.4 Å². The van der Waals surface area contributed by atoms with Crippen molar-refractivity contribution in [3.05, 3.63) is 0 Å². The second-order valence-corrected chi connectivity index (χ2v) is 5.94. The van der Waals surface area contributed by atoms with Gasteiger partial charge < -0.3 is 9.79 Å². The van der Waals surface area contributed by atoms with E-state index in [-0.39, 0.29) is 6.42 Å². The molecule has 0 aliphatic heterocycles. The summed E-state index contributed by atoms with van der Waals surface area (Å²) in [6.45, 7) is 1.50. The minimum Gasteiger partial charge on any atom is -0.323 e. The number of halogens is 3. The molecule has 7 heteroatoms. The van der Waals surface area contributed by atoms with Crippen LogP contribution in [0.3, 0.4) is 0 Å². The molecule has 0 spiro atoms. The van der Waals surface area contributed by atoms with Gasteiger partial charge in [-0.3, -0.25) is 4.57 Å². The fourth-order valence-corrected chi connectivity index (χ4v) is 2.22. The fraction of sp³-hybridized carbons (Fsp3) is 1.00. The maximum atomic E-state index is 10.7. The molecule has 0 aliphatic rings. The lowest BCUT2D eigenvalue weighted by Crippen LogP contribution is -2.28. The maximum absolute atomic E-state index is 10.7. The standard InChI is InChI=1S/C4H8Cl3O3P/c1-2-4(7,3(5)6)11(8,9)10/h3H,2H2,1H3,(H2,8,9,10). The summed E-state index contributed by atoms with van der Waals surface area (Å²) in [7, 11) is -4.44. The van der Waals surface area contributed by atoms with Crippen LogP contribution in [-0.4, -0.2) is 19.2 Å². The Hall–Kier alpha value is 1.02. The molecule has 0 rings (SSSR count). The van der Waals surface area contributed by atoms with Gasteiger partial charge >= 0.3 is 7.60 Å². The van der Waals surface area contributed by atoms with Crippen molar-refractivity contribution in [3.8, 4) is 0 Å². The smallest absolute Gasteiger partial charge is 0.323 e. The Morgan fingerprint density at radius 2 is 1.91 bits per heavy atom. The maximum Gasteiger partial charge on any atom is 0.349 e. The van der Waals surface area contributed by atoms with Crippen LogP contribution in [0.25, 0.3) is 0 Å². The molecule has 0 aromatic heterocycles. The van der Waals surface area contributed by atoms with E-state index in [4.69, 9.17) is 44.6 Å². The third-order valence-electron chi connectivity index (χ3n) is 1.31. The van der Waals surface area contributed by atoms with E-state index in [1.807, 2.05) is 0 Å². The molecule has 1 atom stereocenters. The SMILES string of the molecule is CCC(Cl)(C(Cl)Cl)P(=O)(O)O. The Morgan fingerprint density at radius 1 is 1.55 bits per heavy atom. The van der Waals surface area contributed by atoms with E-state index in [1.165, 1.54) is 6.92 Å². The minimum absolute atomic E-state index is 0.0104. The van der Waals surface area contributed by atoms with Gasteiger partial charge in [0.25, 0.3) is 0 Å². The lowest BCUT2D eigenvalue weighted by Gasteiger charge is -2.27. The fourth-order valence-electron chi connectivity index (χ4n) is 0.487. The van der Waals surface area contributed by atoms with Crippen LogP contribution >= 0.6 is 42.4 Å². The van der Waals surface area contributed by atoms with Crippen molar-refractivity contribution < 1.29 is 14.4 Å². The molecule has 0 aliphatic carbocycles. The van der Waals surface area contributed by atoms with Crippen LogP contribution in [0.5, 0.6) is 0 Å². The summed E-state index contributed by atoms with van der Waals surface area (Å²) >= 11 is 16.1. The molecular formula is C4H8Cl3O3P. The number of hydrogen-bond donors (Lipinski definition) is 2. The van der Waals surface area contributed by atoms with Gasteiger partial charge in [0.05, 0.1) is 0 Å². The molecule has 1 unspecified atom stereocenters. The molecule has 0 fully saturated rings. The highest BCUT2D eigenvalue weighted by atomic mass is 35.5. The van der Waals surface area contributed by atoms with Crippen LogP contribution in [0.15, 0.2) is 0 Å². The lowest BCUT2D eigenvalue weighted by molar-refractivity contribution is 0.350. The Bertz CT molecular complexity index is 179. The molecule has 3 nitrogen and oxygen atoms in total. The Labute approximate surface area is 79.8 Å². The van der Waals surface area contributed by atoms with E-state index < -0.39 is 17.0 Å². The summed E-state index contributed by atoms with van der Waals surface area (Å²) in [5.41, 5.74) is 0. The molecule has 0 amide bonds. The average Bonchev–Trinajstić information content (AvgIpc) is 1.83. The van der Waals surface area contributed by atoms with Crippen LogP contribution in [0.2, 0.25) is 0 Å². The average molecular weight is 241 g/mol. The van der Waals surface area contributed by atoms with Crippen LogP contribution in [0.4, 0.5) is 0 Å². The first-order valence-electron chi connectivity index (χ1n) is 2.78. The third kappa shape index (κ3) is 2.48. The molecule has 2 N–H and O–H groups in total. The van der Waals surface area contributed by atoms with Gasteiger partial charge in [-0.25, -0.2) is 0 Å². The van der Waals surface area contributed by atoms with Gasteiger partial charge in [-0.2, -0.15) is 0 Å². The van der Waals surface area contributed by atoms with Crippen LogP contribution in [0, 0.1) is 0 Å². The first kappa shape index (κ1) is 12.0. The molecule has 11 heavy (non-hydrogen) atoms. The van der Waals surface area contributed by atoms with Crippen LogP contribution in [-0.2, 0) is 4.57 Å². The van der Waals surface area contributed by atoms with Crippen LogP contribution < -0.4 is 0 Å². The van der Waals surface area contributed by atoms with Crippen molar-refractivity contribution in [2.75, 3.05) is 0 Å². The Kier molecular flexibility index (Phi) is 4.17. The zero-order valence-electron chi connectivity index (χ0n) is 5.67. The van der Waals surface area contributed by atoms with Crippen LogP contribution in [0.1, 0.15) is 13.3 Å². The molecule has 0 aromatic rings. The summed E-state index contributed by atoms with van der Waals surface area (Å²) in [6.07, 6.45) is 0.0104. The van der Waals surface area contributed by atoms with Crippen molar-refractivity contribution in [1.29, 1.82) is 0 Å². The van der Waals surface area contributed by atoms with Crippen molar-refractivity contribution in [1.82, 2.24) is 0 Å². The molecule has 0 bridgehead atoms. The van der Waals surface area contributed by atoms with Gasteiger partial charge in [0, 0.05) is 0 Å². The van der Waals surface area contributed by atoms with Gasteiger partial charge in [0.1, 0.15) is 4.84 Å². The van der Waals surface area contributed by atoms with E-state index in [0.29, 0.717) is 0 Å². The van der Waals surface area contributed by atoms with Gasteiger partial charge in [0.15, 0.2) is 4.62 Å². The Morgan fingerprint density at radius 3 is 1.91 bits per heavy atom. The zero-order chi connectivity index (χ0) is 9.28. The third-order valence-corrected chi connectivity index (χ3v) is 5.28. The van der Waals surface area contributed by atoms with E-state index in [0.717, 1.165) is 0 Å². The van der Waals surface area contributed by atoms with Crippen molar-refractivity contribution in [2.45, 2.75) is 22.8 Å². The van der Waals surface area contributed by atoms with Gasteiger partial charge in [0.2, 0.25) is 0 Å². The molecule has 0 heterocycles. The minimum atomic E-state index is -4.44. The summed E-state index contributed by atoms with van der Waals surface area (Å²) in [4.78, 5) is 16.2. The monoisotopic (exact) mass is 240 g/mol. The first-order chi connectivity index (χ1) is 4.75. The highest BCUT2D eigenvalue weighted by Crippen LogP contribution is 2.59. The quantitative estimate of drug-likeness (QED) is 0.589. The lowest BCUT2D eigenvalue weighted by atomic mass is 10.3. The van der Waals surface area contributed by atoms with E-state index >= 15 is 0 Å². The molecule has 0 radical (unpaired) electrons. The second-order valence-electron chi connectivity index (χ2n) is 2.02. The predicted octanol–water partition coefficient (Wildman–Crippen LogP) is 2.31. The number of rotatable bonds is 3.